The lowest BCUT2D eigenvalue weighted by Crippen LogP contribution is -2.37. The van der Waals surface area contributed by atoms with E-state index in [1.807, 2.05) is 0 Å². The van der Waals surface area contributed by atoms with Crippen LogP contribution in [0.2, 0.25) is 0 Å². The first-order chi connectivity index (χ1) is 9.92. The second-order valence-corrected chi connectivity index (χ2v) is 5.68. The molecule has 1 saturated heterocycles. The Bertz CT molecular complexity index is 568. The molecule has 1 aromatic carbocycles. The summed E-state index contributed by atoms with van der Waals surface area (Å²) in [5.74, 6) is 0. The van der Waals surface area contributed by atoms with Gasteiger partial charge in [-0.1, -0.05) is 15.9 Å². The summed E-state index contributed by atoms with van der Waals surface area (Å²) in [6.07, 6.45) is -0.709. The van der Waals surface area contributed by atoms with Gasteiger partial charge in [0, 0.05) is 23.1 Å². The standard InChI is InChI=1S/C12H14BrN3O5/c13-7-1-2-10(11(3-7)16(20)21)14-8-4-9(6-17)15(5-8)12(18)19/h1-3,8-9,14,17H,4-6H2,(H,18,19)/t8-,9-/m0/s1. The number of rotatable bonds is 4. The number of halogens is 1. The van der Waals surface area contributed by atoms with Crippen LogP contribution in [0.4, 0.5) is 16.2 Å². The number of aliphatic hydroxyl groups excluding tert-OH is 1. The third-order valence-corrected chi connectivity index (χ3v) is 3.88. The SMILES string of the molecule is O=C(O)N1C[C@@H](Nc2ccc(Br)cc2[N+](=O)[O-])C[C@H]1CO. The summed E-state index contributed by atoms with van der Waals surface area (Å²) in [5, 5.41) is 32.3. The second kappa shape index (κ2) is 6.27. The van der Waals surface area contributed by atoms with E-state index in [0.29, 0.717) is 16.6 Å². The van der Waals surface area contributed by atoms with E-state index < -0.39 is 17.1 Å². The summed E-state index contributed by atoms with van der Waals surface area (Å²) >= 11 is 3.18. The molecule has 21 heavy (non-hydrogen) atoms. The van der Waals surface area contributed by atoms with Crippen molar-refractivity contribution in [2.75, 3.05) is 18.5 Å². The monoisotopic (exact) mass is 359 g/mol. The average molecular weight is 360 g/mol. The minimum Gasteiger partial charge on any atom is -0.465 e. The Morgan fingerprint density at radius 3 is 2.81 bits per heavy atom. The van der Waals surface area contributed by atoms with Gasteiger partial charge < -0.3 is 20.4 Å². The molecule has 1 amide bonds. The van der Waals surface area contributed by atoms with Gasteiger partial charge in [0.2, 0.25) is 0 Å². The van der Waals surface area contributed by atoms with Crippen molar-refractivity contribution in [2.45, 2.75) is 18.5 Å². The quantitative estimate of drug-likeness (QED) is 0.558. The minimum absolute atomic E-state index is 0.0845. The van der Waals surface area contributed by atoms with Crippen LogP contribution in [-0.2, 0) is 0 Å². The largest absolute Gasteiger partial charge is 0.465 e. The summed E-state index contributed by atoms with van der Waals surface area (Å²) in [5.41, 5.74) is 0.246. The molecule has 0 bridgehead atoms. The van der Waals surface area contributed by atoms with E-state index in [-0.39, 0.29) is 24.9 Å². The first-order valence-electron chi connectivity index (χ1n) is 6.23. The van der Waals surface area contributed by atoms with Crippen LogP contribution in [-0.4, -0.2) is 51.4 Å². The Labute approximate surface area is 128 Å². The third kappa shape index (κ3) is 3.42. The zero-order valence-corrected chi connectivity index (χ0v) is 12.5. The molecule has 2 rings (SSSR count). The van der Waals surface area contributed by atoms with Crippen molar-refractivity contribution < 1.29 is 19.9 Å². The molecule has 114 valence electrons. The average Bonchev–Trinajstić information content (AvgIpc) is 2.84. The number of benzene rings is 1. The molecule has 3 N–H and O–H groups in total. The molecule has 0 aromatic heterocycles. The van der Waals surface area contributed by atoms with Crippen molar-refractivity contribution in [3.63, 3.8) is 0 Å². The van der Waals surface area contributed by atoms with Gasteiger partial charge in [-0.15, -0.1) is 0 Å². The van der Waals surface area contributed by atoms with Gasteiger partial charge in [0.05, 0.1) is 17.6 Å². The Kier molecular flexibility index (Phi) is 4.63. The fourth-order valence-corrected chi connectivity index (χ4v) is 2.78. The predicted molar refractivity (Wildman–Crippen MR) is 78.4 cm³/mol. The van der Waals surface area contributed by atoms with E-state index in [4.69, 9.17) is 5.11 Å². The number of carbonyl (C=O) groups is 1. The van der Waals surface area contributed by atoms with Gasteiger partial charge >= 0.3 is 6.09 Å². The van der Waals surface area contributed by atoms with Crippen LogP contribution in [0, 0.1) is 10.1 Å². The number of aliphatic hydroxyl groups is 1. The molecule has 1 fully saturated rings. The smallest absolute Gasteiger partial charge is 0.407 e. The molecule has 2 atom stereocenters. The summed E-state index contributed by atoms with van der Waals surface area (Å²) in [7, 11) is 0. The topological polar surface area (TPSA) is 116 Å². The van der Waals surface area contributed by atoms with Crippen LogP contribution in [0.25, 0.3) is 0 Å². The van der Waals surface area contributed by atoms with Gasteiger partial charge in [0.1, 0.15) is 5.69 Å². The Morgan fingerprint density at radius 1 is 1.57 bits per heavy atom. The van der Waals surface area contributed by atoms with Crippen LogP contribution in [0.3, 0.4) is 0 Å². The number of hydrogen-bond acceptors (Lipinski definition) is 5. The molecule has 1 aliphatic rings. The van der Waals surface area contributed by atoms with E-state index >= 15 is 0 Å². The minimum atomic E-state index is -1.11. The highest BCUT2D eigenvalue weighted by molar-refractivity contribution is 9.10. The maximum atomic E-state index is 11.1. The number of amides is 1. The highest BCUT2D eigenvalue weighted by Gasteiger charge is 2.35. The molecule has 0 radical (unpaired) electrons. The lowest BCUT2D eigenvalue weighted by molar-refractivity contribution is -0.384. The van der Waals surface area contributed by atoms with Crippen LogP contribution in [0.15, 0.2) is 22.7 Å². The number of nitrogens with one attached hydrogen (secondary N) is 1. The molecule has 1 heterocycles. The van der Waals surface area contributed by atoms with Crippen molar-refractivity contribution in [1.29, 1.82) is 0 Å². The number of carboxylic acid groups (broad SMARTS) is 1. The number of likely N-dealkylation sites (tertiary alicyclic amines) is 1. The molecule has 0 aliphatic carbocycles. The van der Waals surface area contributed by atoms with Crippen molar-refractivity contribution in [3.8, 4) is 0 Å². The fourth-order valence-electron chi connectivity index (χ4n) is 2.43. The molecule has 0 saturated carbocycles. The molecule has 1 aliphatic heterocycles. The number of nitrogens with zero attached hydrogens (tertiary/aromatic N) is 2. The van der Waals surface area contributed by atoms with Crippen LogP contribution >= 0.6 is 15.9 Å². The van der Waals surface area contributed by atoms with Crippen LogP contribution in [0.1, 0.15) is 6.42 Å². The van der Waals surface area contributed by atoms with Crippen LogP contribution in [0.5, 0.6) is 0 Å². The first-order valence-corrected chi connectivity index (χ1v) is 7.02. The van der Waals surface area contributed by atoms with Crippen molar-refractivity contribution in [1.82, 2.24) is 4.90 Å². The molecule has 8 nitrogen and oxygen atoms in total. The second-order valence-electron chi connectivity index (χ2n) is 4.77. The van der Waals surface area contributed by atoms with Gasteiger partial charge in [-0.2, -0.15) is 0 Å². The normalized spacial score (nSPS) is 21.3. The zero-order valence-electron chi connectivity index (χ0n) is 10.9. The zero-order chi connectivity index (χ0) is 15.6. The fraction of sp³-hybridized carbons (Fsp3) is 0.417. The van der Waals surface area contributed by atoms with E-state index in [9.17, 15) is 20.0 Å². The van der Waals surface area contributed by atoms with Gasteiger partial charge in [0.15, 0.2) is 0 Å². The Balaban J connectivity index is 2.16. The maximum Gasteiger partial charge on any atom is 0.407 e. The van der Waals surface area contributed by atoms with E-state index in [1.165, 1.54) is 6.07 Å². The molecule has 0 unspecified atom stereocenters. The Hall–Kier alpha value is -1.87. The number of nitro groups is 1. The lowest BCUT2D eigenvalue weighted by atomic mass is 10.1. The summed E-state index contributed by atoms with van der Waals surface area (Å²) in [4.78, 5) is 22.7. The molecular formula is C12H14BrN3O5. The van der Waals surface area contributed by atoms with E-state index in [1.54, 1.807) is 12.1 Å². The first kappa shape index (κ1) is 15.5. The molecular weight excluding hydrogens is 346 g/mol. The third-order valence-electron chi connectivity index (χ3n) is 3.39. The molecule has 0 spiro atoms. The van der Waals surface area contributed by atoms with Gasteiger partial charge in [-0.25, -0.2) is 4.79 Å². The Morgan fingerprint density at radius 2 is 2.29 bits per heavy atom. The highest BCUT2D eigenvalue weighted by atomic mass is 79.9. The molecule has 1 aromatic rings. The number of nitro benzene ring substituents is 1. The summed E-state index contributed by atoms with van der Waals surface area (Å²) in [6.45, 7) is -0.0965. The number of hydrogen-bond donors (Lipinski definition) is 3. The summed E-state index contributed by atoms with van der Waals surface area (Å²) < 4.78 is 0.589. The van der Waals surface area contributed by atoms with Gasteiger partial charge in [-0.05, 0) is 18.6 Å². The number of anilines is 1. The van der Waals surface area contributed by atoms with Crippen molar-refractivity contribution in [2.24, 2.45) is 0 Å². The van der Waals surface area contributed by atoms with Crippen molar-refractivity contribution >= 4 is 33.4 Å². The van der Waals surface area contributed by atoms with E-state index in [2.05, 4.69) is 21.2 Å². The predicted octanol–water partition coefficient (Wildman–Crippen LogP) is 1.88. The van der Waals surface area contributed by atoms with Gasteiger partial charge in [0.25, 0.3) is 5.69 Å². The lowest BCUT2D eigenvalue weighted by Gasteiger charge is -2.18. The van der Waals surface area contributed by atoms with Crippen LogP contribution < -0.4 is 5.32 Å². The van der Waals surface area contributed by atoms with E-state index in [0.717, 1.165) is 4.90 Å². The maximum absolute atomic E-state index is 11.1. The van der Waals surface area contributed by atoms with Crippen molar-refractivity contribution in [3.05, 3.63) is 32.8 Å². The highest BCUT2D eigenvalue weighted by Crippen LogP contribution is 2.30. The van der Waals surface area contributed by atoms with Gasteiger partial charge in [-0.3, -0.25) is 10.1 Å². The molecule has 9 heteroatoms. The summed E-state index contributed by atoms with van der Waals surface area (Å²) in [6, 6.07) is 3.85.